The van der Waals surface area contributed by atoms with Gasteiger partial charge in [0.2, 0.25) is 5.96 Å². The van der Waals surface area contributed by atoms with Gasteiger partial charge in [0.15, 0.2) is 0 Å². The normalized spacial score (nSPS) is 12.2. The molecule has 7 nitrogen and oxygen atoms in total. The van der Waals surface area contributed by atoms with E-state index in [0.717, 1.165) is 4.88 Å². The number of nitrogens with one attached hydrogen (secondary N) is 3. The highest BCUT2D eigenvalue weighted by Crippen LogP contribution is 2.19. The summed E-state index contributed by atoms with van der Waals surface area (Å²) in [6.07, 6.45) is -1.61. The number of ether oxygens (including phenoxy) is 2. The van der Waals surface area contributed by atoms with Gasteiger partial charge >= 0.3 is 12.2 Å². The van der Waals surface area contributed by atoms with Gasteiger partial charge in [0.05, 0.1) is 0 Å². The smallest absolute Gasteiger partial charge is 0.414 e. The molecule has 23 heavy (non-hydrogen) atoms. The fourth-order valence-corrected chi connectivity index (χ4v) is 2.51. The van der Waals surface area contributed by atoms with E-state index in [9.17, 15) is 9.59 Å². The third-order valence-electron chi connectivity index (χ3n) is 2.55. The molecule has 0 aliphatic rings. The van der Waals surface area contributed by atoms with Crippen LogP contribution in [0.1, 0.15) is 38.5 Å². The summed E-state index contributed by atoms with van der Waals surface area (Å²) in [7, 11) is 2.00. The topological polar surface area (TPSA) is 101 Å². The first-order chi connectivity index (χ1) is 10.6. The number of hydrogen-bond donors (Lipinski definition) is 3. The van der Waals surface area contributed by atoms with Crippen LogP contribution >= 0.6 is 11.3 Å². The Morgan fingerprint density at radius 1 is 1.35 bits per heavy atom. The molecule has 1 aromatic heterocycles. The van der Waals surface area contributed by atoms with Crippen molar-refractivity contribution >= 4 is 42.8 Å². The van der Waals surface area contributed by atoms with Crippen LogP contribution in [0.2, 0.25) is 0 Å². The van der Waals surface area contributed by atoms with Gasteiger partial charge in [-0.1, -0.05) is 18.5 Å². The van der Waals surface area contributed by atoms with Gasteiger partial charge < -0.3 is 9.47 Å². The molecular weight excluding hydrogens is 317 g/mol. The molecule has 1 heterocycles. The monoisotopic (exact) mass is 339 g/mol. The lowest BCUT2D eigenvalue weighted by Gasteiger charge is -2.19. The van der Waals surface area contributed by atoms with Crippen LogP contribution in [0.15, 0.2) is 11.4 Å². The van der Waals surface area contributed by atoms with Gasteiger partial charge in [-0.2, -0.15) is 0 Å². The van der Waals surface area contributed by atoms with E-state index in [1.165, 1.54) is 5.46 Å². The lowest BCUT2D eigenvalue weighted by Crippen LogP contribution is -2.45. The lowest BCUT2D eigenvalue weighted by atomic mass is 9.99. The number of alkyl carbamates (subject to hydrolysis) is 2. The zero-order valence-electron chi connectivity index (χ0n) is 14.0. The molecule has 2 amide bonds. The van der Waals surface area contributed by atoms with Crippen molar-refractivity contribution in [2.24, 2.45) is 0 Å². The molecule has 0 radical (unpaired) electrons. The average molecular weight is 339 g/mol. The van der Waals surface area contributed by atoms with Crippen molar-refractivity contribution in [1.29, 1.82) is 5.41 Å². The van der Waals surface area contributed by atoms with Crippen molar-refractivity contribution in [3.05, 3.63) is 16.3 Å². The van der Waals surface area contributed by atoms with Gasteiger partial charge in [0.1, 0.15) is 20.1 Å². The molecule has 3 N–H and O–H groups in total. The van der Waals surface area contributed by atoms with Gasteiger partial charge in [-0.25, -0.2) is 9.59 Å². The number of hydrogen-bond acceptors (Lipinski definition) is 6. The van der Waals surface area contributed by atoms with Gasteiger partial charge in [0, 0.05) is 10.8 Å². The maximum Gasteiger partial charge on any atom is 0.414 e. The van der Waals surface area contributed by atoms with Crippen LogP contribution in [0.25, 0.3) is 0 Å². The Bertz CT molecular complexity index is 583. The van der Waals surface area contributed by atoms with Crippen LogP contribution in [0.3, 0.4) is 0 Å². The predicted molar refractivity (Wildman–Crippen MR) is 92.5 cm³/mol. The van der Waals surface area contributed by atoms with E-state index in [1.807, 2.05) is 26.2 Å². The fraction of sp³-hybridized carbons (Fsp3) is 0.500. The van der Waals surface area contributed by atoms with Gasteiger partial charge in [0.25, 0.3) is 0 Å². The second kappa shape index (κ2) is 8.00. The molecule has 0 saturated heterocycles. The minimum absolute atomic E-state index is 0.0625. The van der Waals surface area contributed by atoms with Crippen molar-refractivity contribution in [3.63, 3.8) is 0 Å². The van der Waals surface area contributed by atoms with E-state index in [0.29, 0.717) is 0 Å². The molecule has 0 aromatic carbocycles. The molecule has 0 saturated carbocycles. The highest BCUT2D eigenvalue weighted by molar-refractivity contribution is 7.11. The minimum Gasteiger partial charge on any atom is -0.449 e. The molecule has 1 atom stereocenters. The van der Waals surface area contributed by atoms with E-state index in [1.54, 1.807) is 32.1 Å². The van der Waals surface area contributed by atoms with Gasteiger partial charge in [-0.3, -0.25) is 16.0 Å². The zero-order valence-corrected chi connectivity index (χ0v) is 14.8. The zero-order chi connectivity index (χ0) is 17.6. The Morgan fingerprint density at radius 2 is 1.96 bits per heavy atom. The molecule has 9 heteroatoms. The predicted octanol–water partition coefficient (Wildman–Crippen LogP) is 1.30. The van der Waals surface area contributed by atoms with Crippen molar-refractivity contribution in [2.45, 2.75) is 39.2 Å². The Hall–Kier alpha value is -2.03. The number of amides is 2. The lowest BCUT2D eigenvalue weighted by molar-refractivity contribution is 0.0561. The number of thiophene rings is 1. The average Bonchev–Trinajstić information content (AvgIpc) is 2.80. The molecule has 1 aromatic rings. The van der Waals surface area contributed by atoms with Crippen molar-refractivity contribution < 1.29 is 19.1 Å². The van der Waals surface area contributed by atoms with Crippen LogP contribution in [-0.4, -0.2) is 38.2 Å². The Balaban J connectivity index is 2.33. The summed E-state index contributed by atoms with van der Waals surface area (Å²) in [5.41, 5.74) is 0.490. The Morgan fingerprint density at radius 3 is 2.48 bits per heavy atom. The number of rotatable bonds is 3. The van der Waals surface area contributed by atoms with E-state index in [2.05, 4.69) is 10.6 Å². The standard InChI is InChI=1S/C14H22BN3O4S/c1-8(10-5-9(15)7-23-10)6-21-12(19)17-11(16)18-13(20)22-14(2,3)4/h5,7-8H,6,15H2,1-4H3,(H3,16,17,18,19,20). The maximum atomic E-state index is 11.6. The summed E-state index contributed by atoms with van der Waals surface area (Å²) >= 11 is 1.61. The van der Waals surface area contributed by atoms with Crippen LogP contribution in [-0.2, 0) is 9.47 Å². The Labute approximate surface area is 140 Å². The van der Waals surface area contributed by atoms with Crippen molar-refractivity contribution in [1.82, 2.24) is 10.6 Å². The summed E-state index contributed by atoms with van der Waals surface area (Å²) in [5.74, 6) is -0.434. The molecule has 126 valence electrons. The third kappa shape index (κ3) is 7.69. The SMILES string of the molecule is Bc1csc(C(C)COC(=O)NC(=N)NC(=O)OC(C)(C)C)c1. The van der Waals surface area contributed by atoms with Crippen LogP contribution < -0.4 is 16.1 Å². The quantitative estimate of drug-likeness (QED) is 0.439. The number of carbonyl (C=O) groups is 2. The van der Waals surface area contributed by atoms with Gasteiger partial charge in [-0.15, -0.1) is 11.3 Å². The number of carbonyl (C=O) groups excluding carboxylic acids is 2. The Kier molecular flexibility index (Phi) is 6.62. The minimum atomic E-state index is -0.815. The van der Waals surface area contributed by atoms with E-state index >= 15 is 0 Å². The van der Waals surface area contributed by atoms with Crippen LogP contribution in [0, 0.1) is 5.41 Å². The first-order valence-electron chi connectivity index (χ1n) is 7.14. The molecule has 1 unspecified atom stereocenters. The summed E-state index contributed by atoms with van der Waals surface area (Å²) < 4.78 is 10.0. The van der Waals surface area contributed by atoms with Crippen LogP contribution in [0.5, 0.6) is 0 Å². The van der Waals surface area contributed by atoms with Crippen molar-refractivity contribution in [2.75, 3.05) is 6.61 Å². The van der Waals surface area contributed by atoms with E-state index in [-0.39, 0.29) is 12.5 Å². The van der Waals surface area contributed by atoms with E-state index < -0.39 is 23.7 Å². The fourth-order valence-electron chi connectivity index (χ4n) is 1.57. The molecule has 0 aliphatic heterocycles. The maximum absolute atomic E-state index is 11.6. The summed E-state index contributed by atoms with van der Waals surface area (Å²) in [5, 5.41) is 13.7. The molecule has 0 aliphatic carbocycles. The van der Waals surface area contributed by atoms with Gasteiger partial charge in [-0.05, 0) is 26.2 Å². The molecule has 0 bridgehead atoms. The summed E-state index contributed by atoms with van der Waals surface area (Å²) in [4.78, 5) is 24.2. The molecular formula is C14H22BN3O4S. The first kappa shape index (κ1) is 19.0. The third-order valence-corrected chi connectivity index (χ3v) is 3.84. The first-order valence-corrected chi connectivity index (χ1v) is 8.02. The van der Waals surface area contributed by atoms with Crippen LogP contribution in [0.4, 0.5) is 9.59 Å². The second-order valence-corrected chi connectivity index (χ2v) is 7.10. The van der Waals surface area contributed by atoms with Crippen molar-refractivity contribution in [3.8, 4) is 0 Å². The summed E-state index contributed by atoms with van der Waals surface area (Å²) in [6.45, 7) is 7.23. The highest BCUT2D eigenvalue weighted by atomic mass is 32.1. The van der Waals surface area contributed by atoms with E-state index in [4.69, 9.17) is 14.9 Å². The molecule has 0 spiro atoms. The molecule has 1 rings (SSSR count). The number of guanidine groups is 1. The highest BCUT2D eigenvalue weighted by Gasteiger charge is 2.18. The summed E-state index contributed by atoms with van der Waals surface area (Å²) in [6, 6.07) is 2.04. The largest absolute Gasteiger partial charge is 0.449 e. The molecule has 0 fully saturated rings. The second-order valence-electron chi connectivity index (χ2n) is 6.15.